The molecule has 1 aliphatic rings. The topological polar surface area (TPSA) is 67.7 Å². The number of amides is 2. The van der Waals surface area contributed by atoms with E-state index < -0.39 is 5.60 Å². The quantitative estimate of drug-likeness (QED) is 0.762. The van der Waals surface area contributed by atoms with Gasteiger partial charge in [0.05, 0.1) is 5.69 Å². The standard InChI is InChI=1S/C22H30N4O3/c1-16-6-8-17(9-7-16)19-14-26(15-23-19)20(27)24(5)18-10-12-25(13-11-18)21(28)29-22(2,3)4/h6-9,14-15,18H,10-13H2,1-5H3. The zero-order valence-corrected chi connectivity index (χ0v) is 17.9. The van der Waals surface area contributed by atoms with Gasteiger partial charge in [-0.15, -0.1) is 0 Å². The van der Waals surface area contributed by atoms with Crippen molar-refractivity contribution >= 4 is 12.1 Å². The molecule has 1 aromatic heterocycles. The van der Waals surface area contributed by atoms with E-state index in [1.807, 2.05) is 59.0 Å². The molecule has 2 aromatic rings. The van der Waals surface area contributed by atoms with Gasteiger partial charge in [-0.25, -0.2) is 14.6 Å². The average Bonchev–Trinajstić information content (AvgIpc) is 3.16. The van der Waals surface area contributed by atoms with E-state index in [1.165, 1.54) is 10.1 Å². The number of aromatic nitrogens is 2. The summed E-state index contributed by atoms with van der Waals surface area (Å²) in [6.07, 6.45) is 4.48. The molecule has 0 N–H and O–H groups in total. The molecule has 1 aromatic carbocycles. The Bertz CT molecular complexity index is 859. The van der Waals surface area contributed by atoms with Crippen molar-refractivity contribution in [3.63, 3.8) is 0 Å². The normalized spacial score (nSPS) is 15.3. The largest absolute Gasteiger partial charge is 0.444 e. The highest BCUT2D eigenvalue weighted by Crippen LogP contribution is 2.21. The minimum atomic E-state index is -0.503. The summed E-state index contributed by atoms with van der Waals surface area (Å²) in [6.45, 7) is 8.78. The lowest BCUT2D eigenvalue weighted by Gasteiger charge is -2.37. The van der Waals surface area contributed by atoms with E-state index in [2.05, 4.69) is 4.98 Å². The second-order valence-corrected chi connectivity index (χ2v) is 8.62. The first-order chi connectivity index (χ1) is 13.6. The SMILES string of the molecule is Cc1ccc(-c2cn(C(=O)N(C)C3CCN(C(=O)OC(C)(C)C)CC3)cn2)cc1. The Morgan fingerprint density at radius 3 is 2.34 bits per heavy atom. The maximum atomic E-state index is 12.9. The summed E-state index contributed by atoms with van der Waals surface area (Å²) >= 11 is 0. The van der Waals surface area contributed by atoms with Crippen molar-refractivity contribution in [1.29, 1.82) is 0 Å². The molecule has 0 saturated carbocycles. The van der Waals surface area contributed by atoms with E-state index in [0.29, 0.717) is 13.1 Å². The third-order valence-electron chi connectivity index (χ3n) is 5.12. The Kier molecular flexibility index (Phi) is 5.96. The Morgan fingerprint density at radius 2 is 1.76 bits per heavy atom. The van der Waals surface area contributed by atoms with Crippen molar-refractivity contribution in [1.82, 2.24) is 19.4 Å². The van der Waals surface area contributed by atoms with Crippen LogP contribution >= 0.6 is 0 Å². The number of nitrogens with zero attached hydrogens (tertiary/aromatic N) is 4. The summed E-state index contributed by atoms with van der Waals surface area (Å²) in [5, 5.41) is 0. The third kappa shape index (κ3) is 5.16. The van der Waals surface area contributed by atoms with Crippen LogP contribution in [-0.4, -0.2) is 63.3 Å². The van der Waals surface area contributed by atoms with E-state index in [4.69, 9.17) is 4.74 Å². The number of likely N-dealkylation sites (tertiary alicyclic amines) is 1. The van der Waals surface area contributed by atoms with Crippen LogP contribution in [0, 0.1) is 6.92 Å². The number of imidazole rings is 1. The molecule has 7 heteroatoms. The highest BCUT2D eigenvalue weighted by Gasteiger charge is 2.30. The first kappa shape index (κ1) is 20.9. The highest BCUT2D eigenvalue weighted by atomic mass is 16.6. The summed E-state index contributed by atoms with van der Waals surface area (Å²) in [4.78, 5) is 32.9. The number of aryl methyl sites for hydroxylation is 1. The fourth-order valence-corrected chi connectivity index (χ4v) is 3.40. The molecular formula is C22H30N4O3. The van der Waals surface area contributed by atoms with Crippen molar-refractivity contribution in [3.05, 3.63) is 42.4 Å². The van der Waals surface area contributed by atoms with Crippen molar-refractivity contribution in [2.24, 2.45) is 0 Å². The van der Waals surface area contributed by atoms with Gasteiger partial charge in [-0.2, -0.15) is 0 Å². The van der Waals surface area contributed by atoms with Gasteiger partial charge in [-0.3, -0.25) is 4.57 Å². The predicted octanol–water partition coefficient (Wildman–Crippen LogP) is 4.16. The van der Waals surface area contributed by atoms with Crippen LogP contribution in [0.2, 0.25) is 0 Å². The van der Waals surface area contributed by atoms with Crippen LogP contribution in [-0.2, 0) is 4.74 Å². The zero-order valence-electron chi connectivity index (χ0n) is 17.9. The number of piperidine rings is 1. The summed E-state index contributed by atoms with van der Waals surface area (Å²) < 4.78 is 6.96. The maximum absolute atomic E-state index is 12.9. The van der Waals surface area contributed by atoms with Gasteiger partial charge in [0.25, 0.3) is 0 Å². The number of hydrogen-bond acceptors (Lipinski definition) is 4. The van der Waals surface area contributed by atoms with Crippen molar-refractivity contribution < 1.29 is 14.3 Å². The fourth-order valence-electron chi connectivity index (χ4n) is 3.40. The first-order valence-corrected chi connectivity index (χ1v) is 10.00. The fraction of sp³-hybridized carbons (Fsp3) is 0.500. The molecule has 1 saturated heterocycles. The van der Waals surface area contributed by atoms with Crippen molar-refractivity contribution in [2.75, 3.05) is 20.1 Å². The monoisotopic (exact) mass is 398 g/mol. The van der Waals surface area contributed by atoms with Gasteiger partial charge in [0.15, 0.2) is 0 Å². The number of benzene rings is 1. The van der Waals surface area contributed by atoms with Crippen LogP contribution in [0.1, 0.15) is 39.2 Å². The summed E-state index contributed by atoms with van der Waals surface area (Å²) in [7, 11) is 1.81. The lowest BCUT2D eigenvalue weighted by atomic mass is 10.0. The molecule has 0 bridgehead atoms. The molecule has 0 radical (unpaired) electrons. The van der Waals surface area contributed by atoms with Crippen molar-refractivity contribution in [2.45, 2.75) is 52.2 Å². The Balaban J connectivity index is 1.59. The lowest BCUT2D eigenvalue weighted by molar-refractivity contribution is 0.0172. The smallest absolute Gasteiger partial charge is 0.410 e. The highest BCUT2D eigenvalue weighted by molar-refractivity contribution is 5.78. The summed E-state index contributed by atoms with van der Waals surface area (Å²) in [5.41, 5.74) is 2.43. The first-order valence-electron chi connectivity index (χ1n) is 10.00. The third-order valence-corrected chi connectivity index (χ3v) is 5.12. The number of ether oxygens (including phenoxy) is 1. The van der Waals surface area contributed by atoms with Crippen LogP contribution < -0.4 is 0 Å². The van der Waals surface area contributed by atoms with Crippen LogP contribution in [0.25, 0.3) is 11.3 Å². The molecule has 156 valence electrons. The molecule has 7 nitrogen and oxygen atoms in total. The molecule has 29 heavy (non-hydrogen) atoms. The Labute approximate surface area is 172 Å². The van der Waals surface area contributed by atoms with Crippen LogP contribution in [0.4, 0.5) is 9.59 Å². The minimum absolute atomic E-state index is 0.0754. The second-order valence-electron chi connectivity index (χ2n) is 8.62. The van der Waals surface area contributed by atoms with Gasteiger partial charge in [-0.05, 0) is 40.5 Å². The molecule has 1 aliphatic heterocycles. The van der Waals surface area contributed by atoms with E-state index in [0.717, 1.165) is 24.1 Å². The van der Waals surface area contributed by atoms with E-state index in [9.17, 15) is 9.59 Å². The number of carbonyl (C=O) groups is 2. The number of hydrogen-bond donors (Lipinski definition) is 0. The second kappa shape index (κ2) is 8.27. The lowest BCUT2D eigenvalue weighted by Crippen LogP contribution is -2.49. The zero-order chi connectivity index (χ0) is 21.2. The molecule has 0 unspecified atom stereocenters. The van der Waals surface area contributed by atoms with E-state index in [1.54, 1.807) is 22.3 Å². The van der Waals surface area contributed by atoms with Crippen LogP contribution in [0.5, 0.6) is 0 Å². The average molecular weight is 399 g/mol. The summed E-state index contributed by atoms with van der Waals surface area (Å²) in [6, 6.07) is 8.02. The predicted molar refractivity (Wildman–Crippen MR) is 112 cm³/mol. The van der Waals surface area contributed by atoms with Crippen LogP contribution in [0.15, 0.2) is 36.8 Å². The molecule has 0 aliphatic carbocycles. The van der Waals surface area contributed by atoms with Crippen molar-refractivity contribution in [3.8, 4) is 11.3 Å². The van der Waals surface area contributed by atoms with Gasteiger partial charge in [-0.1, -0.05) is 29.8 Å². The molecule has 3 rings (SSSR count). The van der Waals surface area contributed by atoms with Gasteiger partial charge < -0.3 is 14.5 Å². The molecule has 2 amide bonds. The van der Waals surface area contributed by atoms with Crippen LogP contribution in [0.3, 0.4) is 0 Å². The molecule has 2 heterocycles. The molecule has 0 spiro atoms. The number of carbonyl (C=O) groups excluding carboxylic acids is 2. The van der Waals surface area contributed by atoms with Gasteiger partial charge >= 0.3 is 12.1 Å². The Morgan fingerprint density at radius 1 is 1.14 bits per heavy atom. The van der Waals surface area contributed by atoms with Gasteiger partial charge in [0.1, 0.15) is 11.9 Å². The van der Waals surface area contributed by atoms with Gasteiger partial charge in [0.2, 0.25) is 0 Å². The maximum Gasteiger partial charge on any atom is 0.410 e. The van der Waals surface area contributed by atoms with E-state index >= 15 is 0 Å². The number of rotatable bonds is 2. The van der Waals surface area contributed by atoms with Gasteiger partial charge in [0, 0.05) is 37.9 Å². The van der Waals surface area contributed by atoms with E-state index in [-0.39, 0.29) is 18.2 Å². The summed E-state index contributed by atoms with van der Waals surface area (Å²) in [5.74, 6) is 0. The molecular weight excluding hydrogens is 368 g/mol. The minimum Gasteiger partial charge on any atom is -0.444 e. The molecule has 1 fully saturated rings. The molecule has 0 atom stereocenters. The Hall–Kier alpha value is -2.83.